The second-order valence-corrected chi connectivity index (χ2v) is 5.36. The Morgan fingerprint density at radius 3 is 2.57 bits per heavy atom. The van der Waals surface area contributed by atoms with E-state index in [1.807, 2.05) is 7.05 Å². The van der Waals surface area contributed by atoms with Crippen LogP contribution in [0.5, 0.6) is 0 Å². The van der Waals surface area contributed by atoms with Crippen molar-refractivity contribution in [3.05, 3.63) is 0 Å². The number of hydrogen-bond acceptors (Lipinski definition) is 5. The van der Waals surface area contributed by atoms with Crippen molar-refractivity contribution >= 4 is 11.8 Å². The molecule has 0 bridgehead atoms. The Kier molecular flexibility index (Phi) is 3.49. The molecule has 5 nitrogen and oxygen atoms in total. The average Bonchev–Trinajstić information content (AvgIpc) is 2.45. The van der Waals surface area contributed by atoms with Crippen molar-refractivity contribution in [1.82, 2.24) is 20.2 Å². The van der Waals surface area contributed by atoms with E-state index < -0.39 is 0 Å². The van der Waals surface area contributed by atoms with Crippen molar-refractivity contribution in [2.24, 2.45) is 18.2 Å². The molecule has 0 aliphatic carbocycles. The summed E-state index contributed by atoms with van der Waals surface area (Å²) in [5.74, 6) is 0.831. The minimum absolute atomic E-state index is 0.124. The zero-order chi connectivity index (χ0) is 10.8. The van der Waals surface area contributed by atoms with Crippen molar-refractivity contribution in [1.29, 1.82) is 0 Å². The molecule has 0 aromatic carbocycles. The second-order valence-electron chi connectivity index (χ2n) is 4.37. The van der Waals surface area contributed by atoms with Crippen LogP contribution in [0, 0.1) is 5.41 Å². The molecule has 0 aliphatic heterocycles. The van der Waals surface area contributed by atoms with Crippen LogP contribution >= 0.6 is 11.8 Å². The summed E-state index contributed by atoms with van der Waals surface area (Å²) < 4.78 is 1.65. The molecular weight excluding hydrogens is 198 g/mol. The van der Waals surface area contributed by atoms with E-state index in [1.54, 1.807) is 16.4 Å². The van der Waals surface area contributed by atoms with E-state index in [2.05, 4.69) is 36.3 Å². The first kappa shape index (κ1) is 11.5. The smallest absolute Gasteiger partial charge is 0.209 e. The van der Waals surface area contributed by atoms with Gasteiger partial charge in [-0.25, -0.2) is 4.68 Å². The third-order valence-electron chi connectivity index (χ3n) is 2.09. The van der Waals surface area contributed by atoms with Crippen LogP contribution in [-0.2, 0) is 7.05 Å². The predicted molar refractivity (Wildman–Crippen MR) is 57.0 cm³/mol. The van der Waals surface area contributed by atoms with Crippen LogP contribution in [0.4, 0.5) is 0 Å². The van der Waals surface area contributed by atoms with Gasteiger partial charge in [-0.3, -0.25) is 0 Å². The maximum absolute atomic E-state index is 6.02. The van der Waals surface area contributed by atoms with Crippen LogP contribution in [0.1, 0.15) is 20.8 Å². The van der Waals surface area contributed by atoms with Crippen LogP contribution in [0.3, 0.4) is 0 Å². The molecule has 0 radical (unpaired) electrons. The number of nitrogens with two attached hydrogens (primary N) is 1. The Morgan fingerprint density at radius 1 is 1.50 bits per heavy atom. The highest BCUT2D eigenvalue weighted by Gasteiger charge is 2.21. The van der Waals surface area contributed by atoms with Crippen LogP contribution in [0.2, 0.25) is 0 Å². The van der Waals surface area contributed by atoms with E-state index in [0.29, 0.717) is 0 Å². The van der Waals surface area contributed by atoms with Crippen molar-refractivity contribution in [3.8, 4) is 0 Å². The topological polar surface area (TPSA) is 69.6 Å². The third kappa shape index (κ3) is 2.95. The molecule has 0 saturated heterocycles. The SMILES string of the molecule is Cn1nnnc1SCC(N)C(C)(C)C. The first-order valence-corrected chi connectivity index (χ1v) is 5.50. The Labute approximate surface area is 88.4 Å². The summed E-state index contributed by atoms with van der Waals surface area (Å²) in [6, 6.07) is 0.143. The molecule has 1 aromatic rings. The molecule has 2 N–H and O–H groups in total. The monoisotopic (exact) mass is 215 g/mol. The lowest BCUT2D eigenvalue weighted by Crippen LogP contribution is -2.37. The minimum Gasteiger partial charge on any atom is -0.326 e. The van der Waals surface area contributed by atoms with Gasteiger partial charge in [-0.15, -0.1) is 5.10 Å². The Morgan fingerprint density at radius 2 is 2.14 bits per heavy atom. The molecule has 1 aromatic heterocycles. The standard InChI is InChI=1S/C8H17N5S/c1-8(2,3)6(9)5-14-7-10-11-12-13(7)4/h6H,5,9H2,1-4H3. The van der Waals surface area contributed by atoms with Crippen LogP contribution in [0.25, 0.3) is 0 Å². The minimum atomic E-state index is 0.124. The van der Waals surface area contributed by atoms with Gasteiger partial charge in [-0.1, -0.05) is 32.5 Å². The molecule has 1 atom stereocenters. The van der Waals surface area contributed by atoms with Gasteiger partial charge in [0.25, 0.3) is 0 Å². The fraction of sp³-hybridized carbons (Fsp3) is 0.875. The number of hydrogen-bond donors (Lipinski definition) is 1. The van der Waals surface area contributed by atoms with Gasteiger partial charge in [0.15, 0.2) is 0 Å². The largest absolute Gasteiger partial charge is 0.326 e. The maximum atomic E-state index is 6.02. The molecule has 1 heterocycles. The van der Waals surface area contributed by atoms with Gasteiger partial charge in [0.2, 0.25) is 5.16 Å². The molecule has 0 spiro atoms. The quantitative estimate of drug-likeness (QED) is 0.751. The molecule has 1 unspecified atom stereocenters. The summed E-state index contributed by atoms with van der Waals surface area (Å²) in [5, 5.41) is 12.0. The zero-order valence-electron chi connectivity index (χ0n) is 9.06. The van der Waals surface area contributed by atoms with E-state index in [9.17, 15) is 0 Å². The fourth-order valence-corrected chi connectivity index (χ4v) is 1.90. The molecule has 0 fully saturated rings. The van der Waals surface area contributed by atoms with E-state index in [-0.39, 0.29) is 11.5 Å². The lowest BCUT2D eigenvalue weighted by molar-refractivity contribution is 0.344. The van der Waals surface area contributed by atoms with Gasteiger partial charge in [0, 0.05) is 18.8 Å². The van der Waals surface area contributed by atoms with Gasteiger partial charge >= 0.3 is 0 Å². The van der Waals surface area contributed by atoms with Gasteiger partial charge in [0.05, 0.1) is 0 Å². The zero-order valence-corrected chi connectivity index (χ0v) is 9.88. The lowest BCUT2D eigenvalue weighted by Gasteiger charge is -2.26. The van der Waals surface area contributed by atoms with Gasteiger partial charge < -0.3 is 5.73 Å². The van der Waals surface area contributed by atoms with E-state index in [1.165, 1.54) is 0 Å². The van der Waals surface area contributed by atoms with E-state index in [0.717, 1.165) is 10.9 Å². The van der Waals surface area contributed by atoms with Crippen LogP contribution in [0.15, 0.2) is 5.16 Å². The molecule has 1 rings (SSSR count). The van der Waals surface area contributed by atoms with Gasteiger partial charge in [-0.05, 0) is 15.8 Å². The first-order valence-electron chi connectivity index (χ1n) is 4.52. The highest BCUT2D eigenvalue weighted by atomic mass is 32.2. The van der Waals surface area contributed by atoms with E-state index >= 15 is 0 Å². The number of aryl methyl sites for hydroxylation is 1. The number of nitrogens with zero attached hydrogens (tertiary/aromatic N) is 4. The van der Waals surface area contributed by atoms with Crippen molar-refractivity contribution < 1.29 is 0 Å². The maximum Gasteiger partial charge on any atom is 0.209 e. The summed E-state index contributed by atoms with van der Waals surface area (Å²) >= 11 is 1.59. The average molecular weight is 215 g/mol. The first-order chi connectivity index (χ1) is 6.41. The summed E-state index contributed by atoms with van der Waals surface area (Å²) in [5.41, 5.74) is 6.14. The normalized spacial score (nSPS) is 14.4. The molecule has 0 amide bonds. The highest BCUT2D eigenvalue weighted by Crippen LogP contribution is 2.23. The Bertz CT molecular complexity index is 290. The third-order valence-corrected chi connectivity index (χ3v) is 3.22. The fourth-order valence-electron chi connectivity index (χ4n) is 0.758. The summed E-state index contributed by atoms with van der Waals surface area (Å²) in [6.07, 6.45) is 0. The van der Waals surface area contributed by atoms with Gasteiger partial charge in [0.1, 0.15) is 0 Å². The molecule has 14 heavy (non-hydrogen) atoms. The summed E-state index contributed by atoms with van der Waals surface area (Å²) in [6.45, 7) is 6.40. The van der Waals surface area contributed by atoms with Crippen LogP contribution in [-0.4, -0.2) is 32.0 Å². The van der Waals surface area contributed by atoms with Crippen molar-refractivity contribution in [2.45, 2.75) is 32.0 Å². The van der Waals surface area contributed by atoms with Gasteiger partial charge in [-0.2, -0.15) is 0 Å². The molecule has 6 heteroatoms. The Balaban J connectivity index is 2.46. The Hall–Kier alpha value is -0.620. The predicted octanol–water partition coefficient (Wildman–Crippen LogP) is 0.676. The number of thioether (sulfide) groups is 1. The van der Waals surface area contributed by atoms with Crippen molar-refractivity contribution in [2.75, 3.05) is 5.75 Å². The lowest BCUT2D eigenvalue weighted by atomic mass is 9.89. The van der Waals surface area contributed by atoms with Crippen molar-refractivity contribution in [3.63, 3.8) is 0 Å². The molecule has 0 saturated carbocycles. The second kappa shape index (κ2) is 4.27. The number of aromatic nitrogens is 4. The molecule has 0 aliphatic rings. The molecular formula is C8H17N5S. The molecule has 80 valence electrons. The summed E-state index contributed by atoms with van der Waals surface area (Å²) in [7, 11) is 1.82. The highest BCUT2D eigenvalue weighted by molar-refractivity contribution is 7.99. The summed E-state index contributed by atoms with van der Waals surface area (Å²) in [4.78, 5) is 0. The van der Waals surface area contributed by atoms with Crippen LogP contribution < -0.4 is 5.73 Å². The number of rotatable bonds is 3. The van der Waals surface area contributed by atoms with E-state index in [4.69, 9.17) is 5.73 Å². The number of tetrazole rings is 1.